The zero-order valence-electron chi connectivity index (χ0n) is 16.4. The Balaban J connectivity index is 2.06. The molecule has 11 heteroatoms. The van der Waals surface area contributed by atoms with E-state index in [9.17, 15) is 40.5 Å². The molecule has 0 aliphatic carbocycles. The van der Waals surface area contributed by atoms with Crippen LogP contribution in [0.4, 0.5) is 5.69 Å². The number of carbonyl (C=O) groups excluding carboxylic acids is 1. The summed E-state index contributed by atoms with van der Waals surface area (Å²) in [6.07, 6.45) is -13.5. The molecule has 1 heterocycles. The SMILES string of the molecule is Cc1ccc(NCC(=O)[C@@H](O)C(O[C@@H]2O[C@H](CO)[C@H](O)[C@H](O)[C@H]2O)[C@H](O)CO)cc1. The number of anilines is 1. The fourth-order valence-corrected chi connectivity index (χ4v) is 2.96. The van der Waals surface area contributed by atoms with E-state index in [1.807, 2.05) is 19.1 Å². The van der Waals surface area contributed by atoms with Gasteiger partial charge in [0.1, 0.15) is 42.7 Å². The first kappa shape index (κ1) is 24.6. The van der Waals surface area contributed by atoms with E-state index in [0.29, 0.717) is 5.69 Å². The minimum absolute atomic E-state index is 0.323. The minimum atomic E-state index is -1.92. The van der Waals surface area contributed by atoms with Crippen molar-refractivity contribution in [2.24, 2.45) is 0 Å². The van der Waals surface area contributed by atoms with Gasteiger partial charge in [0.2, 0.25) is 0 Å². The van der Waals surface area contributed by atoms with Gasteiger partial charge in [-0.1, -0.05) is 17.7 Å². The van der Waals surface area contributed by atoms with Crippen LogP contribution in [-0.2, 0) is 14.3 Å². The number of rotatable bonds is 10. The zero-order chi connectivity index (χ0) is 22.4. The predicted molar refractivity (Wildman–Crippen MR) is 102 cm³/mol. The lowest BCUT2D eigenvalue weighted by molar-refractivity contribution is -0.323. The summed E-state index contributed by atoms with van der Waals surface area (Å²) >= 11 is 0. The fourth-order valence-electron chi connectivity index (χ4n) is 2.96. The van der Waals surface area contributed by atoms with E-state index in [2.05, 4.69) is 5.32 Å². The number of benzene rings is 1. The van der Waals surface area contributed by atoms with Crippen LogP contribution in [0.1, 0.15) is 5.56 Å². The highest BCUT2D eigenvalue weighted by Gasteiger charge is 2.46. The molecule has 0 bridgehead atoms. The van der Waals surface area contributed by atoms with Gasteiger partial charge in [0, 0.05) is 5.69 Å². The van der Waals surface area contributed by atoms with Gasteiger partial charge in [-0.25, -0.2) is 0 Å². The van der Waals surface area contributed by atoms with E-state index in [-0.39, 0.29) is 6.54 Å². The number of aryl methyl sites for hydroxylation is 1. The Morgan fingerprint density at radius 3 is 2.30 bits per heavy atom. The van der Waals surface area contributed by atoms with Crippen molar-refractivity contribution in [2.75, 3.05) is 25.1 Å². The standard InChI is InChI=1S/C19H29NO10/c1-9-2-4-10(5-3-9)20-6-11(23)14(25)18(12(24)7-21)30-19-17(28)16(27)15(26)13(8-22)29-19/h2-5,12-22,24-28H,6-8H2,1H3/t12-,13-,14-,15+,16+,17-,18?,19+/m1/s1. The first-order valence-corrected chi connectivity index (χ1v) is 9.45. The zero-order valence-corrected chi connectivity index (χ0v) is 16.4. The van der Waals surface area contributed by atoms with Gasteiger partial charge in [0.05, 0.1) is 19.8 Å². The molecule has 30 heavy (non-hydrogen) atoms. The van der Waals surface area contributed by atoms with Crippen molar-refractivity contribution >= 4 is 11.5 Å². The van der Waals surface area contributed by atoms with E-state index in [4.69, 9.17) is 9.47 Å². The Labute approximate surface area is 173 Å². The lowest BCUT2D eigenvalue weighted by Gasteiger charge is -2.41. The second kappa shape index (κ2) is 11.1. The predicted octanol–water partition coefficient (Wildman–Crippen LogP) is -3.12. The smallest absolute Gasteiger partial charge is 0.187 e. The number of hydrogen-bond donors (Lipinski definition) is 8. The largest absolute Gasteiger partial charge is 0.394 e. The Hall–Kier alpha value is -1.67. The van der Waals surface area contributed by atoms with Crippen molar-refractivity contribution in [2.45, 2.75) is 55.9 Å². The van der Waals surface area contributed by atoms with E-state index >= 15 is 0 Å². The van der Waals surface area contributed by atoms with Crippen LogP contribution in [0.3, 0.4) is 0 Å². The topological polar surface area (TPSA) is 189 Å². The Morgan fingerprint density at radius 1 is 1.10 bits per heavy atom. The lowest BCUT2D eigenvalue weighted by Crippen LogP contribution is -2.61. The van der Waals surface area contributed by atoms with Gasteiger partial charge in [0.15, 0.2) is 12.1 Å². The third-order valence-electron chi connectivity index (χ3n) is 4.87. The van der Waals surface area contributed by atoms with Crippen LogP contribution in [-0.4, -0.2) is 110 Å². The third-order valence-corrected chi connectivity index (χ3v) is 4.87. The summed E-state index contributed by atoms with van der Waals surface area (Å²) in [6.45, 7) is -0.00927. The fraction of sp³-hybridized carbons (Fsp3) is 0.632. The molecule has 0 spiro atoms. The van der Waals surface area contributed by atoms with E-state index in [0.717, 1.165) is 5.56 Å². The number of ketones is 1. The van der Waals surface area contributed by atoms with Gasteiger partial charge in [0.25, 0.3) is 0 Å². The van der Waals surface area contributed by atoms with Crippen molar-refractivity contribution in [3.63, 3.8) is 0 Å². The first-order valence-electron chi connectivity index (χ1n) is 9.45. The molecule has 1 fully saturated rings. The molecule has 8 N–H and O–H groups in total. The Bertz CT molecular complexity index is 670. The average molecular weight is 431 g/mol. The van der Waals surface area contributed by atoms with Crippen molar-refractivity contribution in [3.05, 3.63) is 29.8 Å². The summed E-state index contributed by atoms with van der Waals surface area (Å²) in [7, 11) is 0. The summed E-state index contributed by atoms with van der Waals surface area (Å²) in [6, 6.07) is 7.12. The molecule has 1 aromatic rings. The highest BCUT2D eigenvalue weighted by atomic mass is 16.7. The molecule has 0 amide bonds. The molecular weight excluding hydrogens is 402 g/mol. The number of aliphatic hydroxyl groups excluding tert-OH is 7. The molecule has 0 saturated carbocycles. The molecule has 2 rings (SSSR count). The first-order chi connectivity index (χ1) is 14.2. The van der Waals surface area contributed by atoms with E-state index in [1.54, 1.807) is 12.1 Å². The molecule has 0 radical (unpaired) electrons. The van der Waals surface area contributed by atoms with Gasteiger partial charge in [-0.15, -0.1) is 0 Å². The van der Waals surface area contributed by atoms with Gasteiger partial charge >= 0.3 is 0 Å². The van der Waals surface area contributed by atoms with Gasteiger partial charge in [-0.05, 0) is 19.1 Å². The third kappa shape index (κ3) is 5.94. The molecular formula is C19H29NO10. The van der Waals surface area contributed by atoms with E-state index in [1.165, 1.54) is 0 Å². The van der Waals surface area contributed by atoms with Crippen LogP contribution in [0.15, 0.2) is 24.3 Å². The molecule has 170 valence electrons. The molecule has 11 nitrogen and oxygen atoms in total. The molecule has 8 atom stereocenters. The van der Waals surface area contributed by atoms with Crippen LogP contribution >= 0.6 is 0 Å². The average Bonchev–Trinajstić information content (AvgIpc) is 2.75. The van der Waals surface area contributed by atoms with Crippen LogP contribution in [0.5, 0.6) is 0 Å². The number of Topliss-reactive ketones (excluding diaryl/α,β-unsaturated/α-hetero) is 1. The van der Waals surface area contributed by atoms with Crippen LogP contribution < -0.4 is 5.32 Å². The number of aliphatic hydroxyl groups is 7. The van der Waals surface area contributed by atoms with Crippen molar-refractivity contribution in [3.8, 4) is 0 Å². The summed E-state index contributed by atoms with van der Waals surface area (Å²) in [5, 5.41) is 71.4. The van der Waals surface area contributed by atoms with Crippen LogP contribution in [0.25, 0.3) is 0 Å². The lowest BCUT2D eigenvalue weighted by atomic mass is 9.98. The summed E-state index contributed by atoms with van der Waals surface area (Å²) in [4.78, 5) is 12.4. The van der Waals surface area contributed by atoms with Crippen LogP contribution in [0.2, 0.25) is 0 Å². The monoisotopic (exact) mass is 431 g/mol. The molecule has 1 saturated heterocycles. The van der Waals surface area contributed by atoms with Gasteiger partial charge in [-0.3, -0.25) is 4.79 Å². The number of ether oxygens (including phenoxy) is 2. The second-order valence-electron chi connectivity index (χ2n) is 7.18. The van der Waals surface area contributed by atoms with Crippen LogP contribution in [0, 0.1) is 6.92 Å². The maximum Gasteiger partial charge on any atom is 0.187 e. The van der Waals surface area contributed by atoms with Crippen molar-refractivity contribution < 1.29 is 50.0 Å². The maximum atomic E-state index is 12.4. The highest BCUT2D eigenvalue weighted by Crippen LogP contribution is 2.24. The van der Waals surface area contributed by atoms with Gasteiger partial charge in [-0.2, -0.15) is 0 Å². The van der Waals surface area contributed by atoms with Crippen molar-refractivity contribution in [1.29, 1.82) is 0 Å². The second-order valence-corrected chi connectivity index (χ2v) is 7.18. The molecule has 0 aromatic heterocycles. The number of carbonyl (C=O) groups is 1. The van der Waals surface area contributed by atoms with Gasteiger partial charge < -0.3 is 50.5 Å². The molecule has 1 aromatic carbocycles. The quantitative estimate of drug-likeness (QED) is 0.187. The molecule has 1 aliphatic heterocycles. The summed E-state index contributed by atoms with van der Waals surface area (Å²) in [5.41, 5.74) is 1.64. The summed E-state index contributed by atoms with van der Waals surface area (Å²) < 4.78 is 10.5. The molecule has 1 unspecified atom stereocenters. The summed E-state index contributed by atoms with van der Waals surface area (Å²) in [5.74, 6) is -0.780. The van der Waals surface area contributed by atoms with E-state index < -0.39 is 68.0 Å². The normalized spacial score (nSPS) is 29.8. The number of hydrogen-bond acceptors (Lipinski definition) is 11. The van der Waals surface area contributed by atoms with Crippen molar-refractivity contribution in [1.82, 2.24) is 0 Å². The number of nitrogens with one attached hydrogen (secondary N) is 1. The highest BCUT2D eigenvalue weighted by molar-refractivity contribution is 5.87. The molecule has 1 aliphatic rings. The maximum absolute atomic E-state index is 12.4. The minimum Gasteiger partial charge on any atom is -0.394 e. The Morgan fingerprint density at radius 2 is 1.73 bits per heavy atom. The Kier molecular flexibility index (Phi) is 9.09.